The van der Waals surface area contributed by atoms with Crippen molar-refractivity contribution in [2.24, 2.45) is 5.73 Å². The number of carbonyl (C=O) groups is 1. The van der Waals surface area contributed by atoms with E-state index in [-0.39, 0.29) is 23.0 Å². The van der Waals surface area contributed by atoms with E-state index in [0.29, 0.717) is 13.1 Å². The molecule has 1 amide bonds. The smallest absolute Gasteiger partial charge is 0.243 e. The number of nitrogens with one attached hydrogen (secondary N) is 1. The van der Waals surface area contributed by atoms with Crippen LogP contribution in [0.1, 0.15) is 25.5 Å². The highest BCUT2D eigenvalue weighted by Crippen LogP contribution is 2.14. The molecule has 2 heterocycles. The second-order valence-corrected chi connectivity index (χ2v) is 6.71. The number of carbonyl (C=O) groups excluding carboxylic acids is 1. The van der Waals surface area contributed by atoms with Gasteiger partial charge >= 0.3 is 0 Å². The van der Waals surface area contributed by atoms with Crippen molar-refractivity contribution in [3.63, 3.8) is 0 Å². The summed E-state index contributed by atoms with van der Waals surface area (Å²) in [6.07, 6.45) is 3.41. The lowest BCUT2D eigenvalue weighted by atomic mass is 10.3. The minimum atomic E-state index is -3.82. The van der Waals surface area contributed by atoms with Gasteiger partial charge in [0.05, 0.1) is 11.7 Å². The van der Waals surface area contributed by atoms with Gasteiger partial charge in [-0.25, -0.2) is 8.42 Å². The van der Waals surface area contributed by atoms with Crippen LogP contribution in [-0.2, 0) is 21.4 Å². The SMILES string of the molecule is CC(NS(=O)(=O)c1cccnc1CN)C(=O)N1CCCC1. The van der Waals surface area contributed by atoms with Gasteiger partial charge in [0.1, 0.15) is 4.90 Å². The number of hydrogen-bond donors (Lipinski definition) is 2. The summed E-state index contributed by atoms with van der Waals surface area (Å²) in [6.45, 7) is 2.94. The van der Waals surface area contributed by atoms with Gasteiger partial charge in [0, 0.05) is 25.8 Å². The number of hydrogen-bond acceptors (Lipinski definition) is 5. The summed E-state index contributed by atoms with van der Waals surface area (Å²) in [5.41, 5.74) is 5.79. The van der Waals surface area contributed by atoms with Gasteiger partial charge in [0.25, 0.3) is 0 Å². The van der Waals surface area contributed by atoms with E-state index < -0.39 is 16.1 Å². The van der Waals surface area contributed by atoms with Crippen LogP contribution >= 0.6 is 0 Å². The molecule has 1 fully saturated rings. The average Bonchev–Trinajstić information content (AvgIpc) is 3.00. The van der Waals surface area contributed by atoms with Gasteiger partial charge < -0.3 is 10.6 Å². The molecular formula is C13H20N4O3S. The first-order chi connectivity index (χ1) is 9.95. The highest BCUT2D eigenvalue weighted by molar-refractivity contribution is 7.89. The van der Waals surface area contributed by atoms with Crippen molar-refractivity contribution in [3.05, 3.63) is 24.0 Å². The minimum absolute atomic E-state index is 0.0194. The molecule has 0 saturated carbocycles. The quantitative estimate of drug-likeness (QED) is 0.785. The molecule has 1 aromatic heterocycles. The summed E-state index contributed by atoms with van der Waals surface area (Å²) in [6, 6.07) is 2.16. The van der Waals surface area contributed by atoms with Crippen LogP contribution in [0.25, 0.3) is 0 Å². The van der Waals surface area contributed by atoms with Gasteiger partial charge in [0.15, 0.2) is 0 Å². The van der Waals surface area contributed by atoms with Crippen molar-refractivity contribution in [1.29, 1.82) is 0 Å². The number of sulfonamides is 1. The Balaban J connectivity index is 2.15. The van der Waals surface area contributed by atoms with E-state index in [2.05, 4.69) is 9.71 Å². The lowest BCUT2D eigenvalue weighted by Gasteiger charge is -2.21. The topological polar surface area (TPSA) is 105 Å². The number of nitrogens with two attached hydrogens (primary N) is 1. The number of nitrogens with zero attached hydrogens (tertiary/aromatic N) is 2. The first-order valence-corrected chi connectivity index (χ1v) is 8.39. The van der Waals surface area contributed by atoms with Crippen molar-refractivity contribution in [2.45, 2.75) is 37.2 Å². The van der Waals surface area contributed by atoms with Crippen LogP contribution in [0.2, 0.25) is 0 Å². The summed E-state index contributed by atoms with van der Waals surface area (Å²) in [4.78, 5) is 17.8. The fourth-order valence-corrected chi connectivity index (χ4v) is 3.78. The number of rotatable bonds is 5. The zero-order chi connectivity index (χ0) is 15.5. The third kappa shape index (κ3) is 3.58. The molecule has 1 unspecified atom stereocenters. The Kier molecular flexibility index (Phi) is 4.92. The van der Waals surface area contributed by atoms with Crippen molar-refractivity contribution < 1.29 is 13.2 Å². The molecule has 0 aliphatic carbocycles. The molecule has 116 valence electrons. The molecule has 21 heavy (non-hydrogen) atoms. The fourth-order valence-electron chi connectivity index (χ4n) is 2.38. The minimum Gasteiger partial charge on any atom is -0.341 e. The summed E-state index contributed by atoms with van der Waals surface area (Å²) >= 11 is 0. The Morgan fingerprint density at radius 2 is 2.14 bits per heavy atom. The van der Waals surface area contributed by atoms with E-state index in [4.69, 9.17) is 5.73 Å². The van der Waals surface area contributed by atoms with E-state index in [1.807, 2.05) is 0 Å². The molecule has 1 atom stereocenters. The lowest BCUT2D eigenvalue weighted by molar-refractivity contribution is -0.131. The first-order valence-electron chi connectivity index (χ1n) is 6.91. The van der Waals surface area contributed by atoms with Gasteiger partial charge in [-0.05, 0) is 31.9 Å². The van der Waals surface area contributed by atoms with E-state index in [1.165, 1.54) is 18.3 Å². The monoisotopic (exact) mass is 312 g/mol. The molecule has 0 spiro atoms. The van der Waals surface area contributed by atoms with Gasteiger partial charge in [-0.3, -0.25) is 9.78 Å². The number of amides is 1. The Bertz CT molecular complexity index is 612. The molecular weight excluding hydrogens is 292 g/mol. The Morgan fingerprint density at radius 1 is 1.48 bits per heavy atom. The van der Waals surface area contributed by atoms with E-state index in [1.54, 1.807) is 11.8 Å². The number of likely N-dealkylation sites (tertiary alicyclic amines) is 1. The maximum Gasteiger partial charge on any atom is 0.243 e. The molecule has 1 aliphatic rings. The molecule has 1 aliphatic heterocycles. The standard InChI is InChI=1S/C13H20N4O3S/c1-10(13(18)17-7-2-3-8-17)16-21(19,20)12-5-4-6-15-11(12)9-14/h4-6,10,16H,2-3,7-9,14H2,1H3. The van der Waals surface area contributed by atoms with Crippen LogP contribution in [0.5, 0.6) is 0 Å². The number of pyridine rings is 1. The fraction of sp³-hybridized carbons (Fsp3) is 0.538. The van der Waals surface area contributed by atoms with Crippen molar-refractivity contribution in [2.75, 3.05) is 13.1 Å². The first kappa shape index (κ1) is 15.9. The molecule has 2 rings (SSSR count). The van der Waals surface area contributed by atoms with E-state index >= 15 is 0 Å². The second-order valence-electron chi connectivity index (χ2n) is 5.03. The van der Waals surface area contributed by atoms with Crippen LogP contribution < -0.4 is 10.5 Å². The predicted molar refractivity (Wildman–Crippen MR) is 77.7 cm³/mol. The normalized spacial score (nSPS) is 17.0. The van der Waals surface area contributed by atoms with E-state index in [0.717, 1.165) is 12.8 Å². The Labute approximate surface area is 124 Å². The molecule has 3 N–H and O–H groups in total. The zero-order valence-corrected chi connectivity index (χ0v) is 12.8. The molecule has 7 nitrogen and oxygen atoms in total. The largest absolute Gasteiger partial charge is 0.341 e. The highest BCUT2D eigenvalue weighted by atomic mass is 32.2. The van der Waals surface area contributed by atoms with Crippen LogP contribution in [0.15, 0.2) is 23.2 Å². The number of aromatic nitrogens is 1. The Morgan fingerprint density at radius 3 is 2.76 bits per heavy atom. The maximum absolute atomic E-state index is 12.4. The summed E-state index contributed by atoms with van der Waals surface area (Å²) < 4.78 is 27.1. The van der Waals surface area contributed by atoms with Gasteiger partial charge in [-0.1, -0.05) is 0 Å². The predicted octanol–water partition coefficient (Wildman–Crippen LogP) is -0.170. The summed E-state index contributed by atoms with van der Waals surface area (Å²) in [7, 11) is -3.82. The van der Waals surface area contributed by atoms with Crippen LogP contribution in [0, 0.1) is 0 Å². The van der Waals surface area contributed by atoms with Crippen LogP contribution in [-0.4, -0.2) is 43.3 Å². The Hall–Kier alpha value is -1.51. The average molecular weight is 312 g/mol. The van der Waals surface area contributed by atoms with Gasteiger partial charge in [-0.2, -0.15) is 4.72 Å². The molecule has 8 heteroatoms. The zero-order valence-electron chi connectivity index (χ0n) is 11.9. The van der Waals surface area contributed by atoms with Crippen LogP contribution in [0.3, 0.4) is 0 Å². The van der Waals surface area contributed by atoms with Crippen molar-refractivity contribution in [3.8, 4) is 0 Å². The lowest BCUT2D eigenvalue weighted by Crippen LogP contribution is -2.46. The molecule has 0 radical (unpaired) electrons. The third-order valence-electron chi connectivity index (χ3n) is 3.45. The third-order valence-corrected chi connectivity index (χ3v) is 5.07. The maximum atomic E-state index is 12.4. The van der Waals surface area contributed by atoms with Crippen LogP contribution in [0.4, 0.5) is 0 Å². The molecule has 0 aromatic carbocycles. The van der Waals surface area contributed by atoms with Gasteiger partial charge in [-0.15, -0.1) is 0 Å². The van der Waals surface area contributed by atoms with Gasteiger partial charge in [0.2, 0.25) is 15.9 Å². The summed E-state index contributed by atoms with van der Waals surface area (Å²) in [5, 5.41) is 0. The van der Waals surface area contributed by atoms with E-state index in [9.17, 15) is 13.2 Å². The van der Waals surface area contributed by atoms with Crippen molar-refractivity contribution >= 4 is 15.9 Å². The summed E-state index contributed by atoms with van der Waals surface area (Å²) in [5.74, 6) is -0.200. The second kappa shape index (κ2) is 6.50. The highest BCUT2D eigenvalue weighted by Gasteiger charge is 2.28. The van der Waals surface area contributed by atoms with Crippen molar-refractivity contribution in [1.82, 2.24) is 14.6 Å². The molecule has 1 aromatic rings. The molecule has 0 bridgehead atoms. The molecule has 1 saturated heterocycles.